The molecule has 0 bridgehead atoms. The number of nitrogens with zero attached hydrogens (tertiary/aromatic N) is 1. The molecule has 1 unspecified atom stereocenters. The van der Waals surface area contributed by atoms with Crippen molar-refractivity contribution in [2.75, 3.05) is 6.61 Å². The molecule has 2 aromatic carbocycles. The number of allylic oxidation sites excluding steroid dienone is 1. The highest BCUT2D eigenvalue weighted by Crippen LogP contribution is 2.31. The van der Waals surface area contributed by atoms with Crippen molar-refractivity contribution in [3.63, 3.8) is 0 Å². The Hall–Kier alpha value is -3.13. The molecule has 0 spiro atoms. The number of phenolic OH excluding ortho intramolecular Hbond substituents is 1. The number of phenols is 1. The monoisotopic (exact) mass is 473 g/mol. The molecule has 7 nitrogen and oxygen atoms in total. The van der Waals surface area contributed by atoms with Gasteiger partial charge in [0.05, 0.1) is 18.4 Å². The Bertz CT molecular complexity index is 959. The highest BCUT2D eigenvalue weighted by Gasteiger charge is 2.17. The van der Waals surface area contributed by atoms with Gasteiger partial charge in [-0.25, -0.2) is 5.43 Å². The number of carbonyl (C=O) groups excluding carboxylic acids is 2. The van der Waals surface area contributed by atoms with Crippen molar-refractivity contribution in [1.82, 2.24) is 10.7 Å². The number of benzene rings is 2. The van der Waals surface area contributed by atoms with Crippen LogP contribution in [0.2, 0.25) is 0 Å². The van der Waals surface area contributed by atoms with Gasteiger partial charge in [0.1, 0.15) is 6.04 Å². The maximum atomic E-state index is 12.3. The summed E-state index contributed by atoms with van der Waals surface area (Å²) in [6.45, 7) is 7.46. The van der Waals surface area contributed by atoms with Crippen molar-refractivity contribution < 1.29 is 19.4 Å². The number of hydrazone groups is 1. The van der Waals surface area contributed by atoms with Gasteiger partial charge in [0.25, 0.3) is 11.8 Å². The van der Waals surface area contributed by atoms with Gasteiger partial charge in [0.2, 0.25) is 0 Å². The summed E-state index contributed by atoms with van der Waals surface area (Å²) in [5.74, 6) is -0.454. The maximum Gasteiger partial charge on any atom is 0.262 e. The molecule has 158 valence electrons. The van der Waals surface area contributed by atoms with Crippen molar-refractivity contribution >= 4 is 34.0 Å². The van der Waals surface area contributed by atoms with E-state index in [0.717, 1.165) is 0 Å². The van der Waals surface area contributed by atoms with E-state index in [0.29, 0.717) is 39.9 Å². The van der Waals surface area contributed by atoms with E-state index >= 15 is 0 Å². The lowest BCUT2D eigenvalue weighted by Gasteiger charge is -2.13. The summed E-state index contributed by atoms with van der Waals surface area (Å²) in [6, 6.07) is 9.50. The number of ether oxygens (including phenoxy) is 1. The fourth-order valence-electron chi connectivity index (χ4n) is 2.59. The molecule has 0 fully saturated rings. The lowest BCUT2D eigenvalue weighted by Crippen LogP contribution is -2.43. The SMILES string of the molecule is C=CCc1cc(/C=N/NC(=O)C(C)NC(=O)c2ccccc2Br)cc(OCC)c1O. The Morgan fingerprint density at radius 3 is 2.73 bits per heavy atom. The number of hydrogen-bond donors (Lipinski definition) is 3. The van der Waals surface area contributed by atoms with Crippen LogP contribution in [0.4, 0.5) is 0 Å². The first kappa shape index (κ1) is 23.2. The van der Waals surface area contributed by atoms with Crippen LogP contribution in [0.15, 0.2) is 58.6 Å². The van der Waals surface area contributed by atoms with Gasteiger partial charge in [-0.1, -0.05) is 18.2 Å². The fourth-order valence-corrected chi connectivity index (χ4v) is 3.06. The fraction of sp³-hybridized carbons (Fsp3) is 0.227. The molecule has 0 aliphatic heterocycles. The second-order valence-electron chi connectivity index (χ2n) is 6.36. The minimum atomic E-state index is -0.795. The van der Waals surface area contributed by atoms with Crippen LogP contribution in [-0.2, 0) is 11.2 Å². The third kappa shape index (κ3) is 6.18. The largest absolute Gasteiger partial charge is 0.504 e. The third-order valence-electron chi connectivity index (χ3n) is 4.09. The molecule has 2 aromatic rings. The predicted octanol–water partition coefficient (Wildman–Crippen LogP) is 3.55. The standard InChI is InChI=1S/C22H24BrN3O4/c1-4-8-16-11-15(12-19(20(16)27)30-5-2)13-24-26-21(28)14(3)25-22(29)17-9-6-7-10-18(17)23/h4,6-7,9-14,27H,1,5,8H2,2-3H3,(H,25,29)(H,26,28)/b24-13+. The van der Waals surface area contributed by atoms with Crippen molar-refractivity contribution in [2.24, 2.45) is 5.10 Å². The number of rotatable bonds is 9. The summed E-state index contributed by atoms with van der Waals surface area (Å²) in [4.78, 5) is 24.5. The number of carbonyl (C=O) groups is 2. The van der Waals surface area contributed by atoms with Gasteiger partial charge in [-0.15, -0.1) is 6.58 Å². The van der Waals surface area contributed by atoms with E-state index in [9.17, 15) is 14.7 Å². The van der Waals surface area contributed by atoms with Crippen LogP contribution in [0.3, 0.4) is 0 Å². The maximum absolute atomic E-state index is 12.3. The molecule has 0 radical (unpaired) electrons. The van der Waals surface area contributed by atoms with E-state index in [1.54, 1.807) is 49.4 Å². The van der Waals surface area contributed by atoms with Crippen LogP contribution in [-0.4, -0.2) is 35.8 Å². The molecule has 0 saturated heterocycles. The van der Waals surface area contributed by atoms with Crippen molar-refractivity contribution in [2.45, 2.75) is 26.3 Å². The molecule has 2 rings (SSSR count). The first-order valence-electron chi connectivity index (χ1n) is 9.35. The first-order chi connectivity index (χ1) is 14.4. The summed E-state index contributed by atoms with van der Waals surface area (Å²) >= 11 is 3.31. The Balaban J connectivity index is 2.03. The van der Waals surface area contributed by atoms with Gasteiger partial charge in [0.15, 0.2) is 11.5 Å². The molecule has 3 N–H and O–H groups in total. The summed E-state index contributed by atoms with van der Waals surface area (Å²) in [6.07, 6.45) is 3.57. The molecule has 0 aliphatic rings. The van der Waals surface area contributed by atoms with Crippen LogP contribution in [0, 0.1) is 0 Å². The molecule has 0 saturated carbocycles. The van der Waals surface area contributed by atoms with E-state index in [1.807, 2.05) is 6.92 Å². The lowest BCUT2D eigenvalue weighted by molar-refractivity contribution is -0.122. The normalized spacial score (nSPS) is 11.7. The number of amides is 2. The number of hydrogen-bond acceptors (Lipinski definition) is 5. The van der Waals surface area contributed by atoms with Crippen LogP contribution in [0.25, 0.3) is 0 Å². The van der Waals surface area contributed by atoms with Crippen molar-refractivity contribution in [1.29, 1.82) is 0 Å². The first-order valence-corrected chi connectivity index (χ1v) is 10.1. The zero-order valence-electron chi connectivity index (χ0n) is 16.8. The number of halogens is 1. The molecule has 0 aromatic heterocycles. The van der Waals surface area contributed by atoms with E-state index in [2.05, 4.69) is 38.4 Å². The molecule has 8 heteroatoms. The lowest BCUT2D eigenvalue weighted by atomic mass is 10.1. The summed E-state index contributed by atoms with van der Waals surface area (Å²) in [7, 11) is 0. The van der Waals surface area contributed by atoms with Gasteiger partial charge >= 0.3 is 0 Å². The summed E-state index contributed by atoms with van der Waals surface area (Å²) < 4.78 is 6.08. The Labute approximate surface area is 184 Å². The van der Waals surface area contributed by atoms with E-state index in [4.69, 9.17) is 4.74 Å². The van der Waals surface area contributed by atoms with Gasteiger partial charge in [0, 0.05) is 10.0 Å². The van der Waals surface area contributed by atoms with E-state index < -0.39 is 11.9 Å². The Morgan fingerprint density at radius 2 is 2.07 bits per heavy atom. The molecular weight excluding hydrogens is 450 g/mol. The van der Waals surface area contributed by atoms with Crippen molar-refractivity contribution in [3.05, 3.63) is 70.2 Å². The van der Waals surface area contributed by atoms with Crippen molar-refractivity contribution in [3.8, 4) is 11.5 Å². The Kier molecular flexibility index (Phi) is 8.61. The summed E-state index contributed by atoms with van der Waals surface area (Å²) in [5.41, 5.74) is 4.11. The van der Waals surface area contributed by atoms with Gasteiger partial charge in [-0.2, -0.15) is 5.10 Å². The quantitative estimate of drug-likeness (QED) is 0.294. The average molecular weight is 474 g/mol. The molecule has 0 aliphatic carbocycles. The highest BCUT2D eigenvalue weighted by atomic mass is 79.9. The second-order valence-corrected chi connectivity index (χ2v) is 7.22. The Morgan fingerprint density at radius 1 is 1.33 bits per heavy atom. The predicted molar refractivity (Wildman–Crippen MR) is 120 cm³/mol. The van der Waals surface area contributed by atoms with Gasteiger partial charge in [-0.05, 0) is 66.0 Å². The highest BCUT2D eigenvalue weighted by molar-refractivity contribution is 9.10. The second kappa shape index (κ2) is 11.2. The molecular formula is C22H24BrN3O4. The minimum Gasteiger partial charge on any atom is -0.504 e. The zero-order chi connectivity index (χ0) is 22.1. The number of aromatic hydroxyl groups is 1. The number of nitrogens with one attached hydrogen (secondary N) is 2. The molecule has 2 amide bonds. The molecule has 0 heterocycles. The molecule has 30 heavy (non-hydrogen) atoms. The van der Waals surface area contributed by atoms with Crippen LogP contribution in [0.5, 0.6) is 11.5 Å². The summed E-state index contributed by atoms with van der Waals surface area (Å²) in [5, 5.41) is 16.8. The zero-order valence-corrected chi connectivity index (χ0v) is 18.4. The molecule has 1 atom stereocenters. The topological polar surface area (TPSA) is 100 Å². The third-order valence-corrected chi connectivity index (χ3v) is 4.78. The van der Waals surface area contributed by atoms with E-state index in [1.165, 1.54) is 6.21 Å². The minimum absolute atomic E-state index is 0.0568. The average Bonchev–Trinajstić information content (AvgIpc) is 2.71. The van der Waals surface area contributed by atoms with Crippen LogP contribution in [0.1, 0.15) is 35.3 Å². The smallest absolute Gasteiger partial charge is 0.262 e. The van der Waals surface area contributed by atoms with Crippen LogP contribution >= 0.6 is 15.9 Å². The van der Waals surface area contributed by atoms with Gasteiger partial charge < -0.3 is 15.2 Å². The van der Waals surface area contributed by atoms with E-state index in [-0.39, 0.29) is 11.7 Å². The van der Waals surface area contributed by atoms with Crippen LogP contribution < -0.4 is 15.5 Å². The van der Waals surface area contributed by atoms with Gasteiger partial charge in [-0.3, -0.25) is 9.59 Å².